The predicted octanol–water partition coefficient (Wildman–Crippen LogP) is 4.92. The lowest BCUT2D eigenvalue weighted by molar-refractivity contribution is -0.385. The molecule has 3 aromatic rings. The first kappa shape index (κ1) is 20.0. The molecule has 1 aliphatic carbocycles. The summed E-state index contributed by atoms with van der Waals surface area (Å²) >= 11 is 1.37. The Bertz CT molecular complexity index is 1110. The zero-order chi connectivity index (χ0) is 21.1. The molecule has 0 saturated carbocycles. The molecule has 2 aromatic carbocycles. The van der Waals surface area contributed by atoms with Gasteiger partial charge in [0.2, 0.25) is 0 Å². The van der Waals surface area contributed by atoms with Crippen molar-refractivity contribution in [2.24, 2.45) is 0 Å². The fourth-order valence-corrected chi connectivity index (χ4v) is 4.32. The predicted molar refractivity (Wildman–Crippen MR) is 116 cm³/mol. The Morgan fingerprint density at radius 2 is 2.00 bits per heavy atom. The van der Waals surface area contributed by atoms with Gasteiger partial charge in [-0.25, -0.2) is 4.98 Å². The minimum Gasteiger partial charge on any atom is -0.484 e. The van der Waals surface area contributed by atoms with Crippen LogP contribution in [0.25, 0.3) is 11.3 Å². The van der Waals surface area contributed by atoms with Gasteiger partial charge in [0.1, 0.15) is 5.75 Å². The van der Waals surface area contributed by atoms with Crippen LogP contribution in [0.3, 0.4) is 0 Å². The van der Waals surface area contributed by atoms with Crippen LogP contribution >= 0.6 is 11.3 Å². The summed E-state index contributed by atoms with van der Waals surface area (Å²) in [4.78, 5) is 27.2. The average Bonchev–Trinajstić information content (AvgIpc) is 3.20. The van der Waals surface area contributed by atoms with E-state index in [1.54, 1.807) is 13.0 Å². The third kappa shape index (κ3) is 4.49. The van der Waals surface area contributed by atoms with Crippen molar-refractivity contribution in [3.63, 3.8) is 0 Å². The normalized spacial score (nSPS) is 12.8. The summed E-state index contributed by atoms with van der Waals surface area (Å²) in [7, 11) is 0. The van der Waals surface area contributed by atoms with Crippen LogP contribution in [0.15, 0.2) is 41.8 Å². The number of ether oxygens (including phenoxy) is 1. The van der Waals surface area contributed by atoms with Gasteiger partial charge in [-0.2, -0.15) is 0 Å². The number of hydrogen-bond acceptors (Lipinski definition) is 6. The molecular weight excluding hydrogens is 402 g/mol. The molecule has 0 saturated heterocycles. The minimum absolute atomic E-state index is 0.0179. The van der Waals surface area contributed by atoms with Gasteiger partial charge >= 0.3 is 0 Å². The summed E-state index contributed by atoms with van der Waals surface area (Å²) in [6.45, 7) is 1.42. The van der Waals surface area contributed by atoms with Crippen molar-refractivity contribution in [3.8, 4) is 17.0 Å². The van der Waals surface area contributed by atoms with E-state index in [9.17, 15) is 14.9 Å². The number of rotatable bonds is 6. The second-order valence-electron chi connectivity index (χ2n) is 7.27. The molecule has 1 N–H and O–H groups in total. The lowest BCUT2D eigenvalue weighted by atomic mass is 9.90. The zero-order valence-corrected chi connectivity index (χ0v) is 17.3. The fraction of sp³-hybridized carbons (Fsp3) is 0.273. The number of nitro benzene ring substituents is 1. The second kappa shape index (κ2) is 8.62. The number of nitrogens with one attached hydrogen (secondary N) is 1. The van der Waals surface area contributed by atoms with Gasteiger partial charge in [-0.3, -0.25) is 20.2 Å². The second-order valence-corrected chi connectivity index (χ2v) is 8.13. The lowest BCUT2D eigenvalue weighted by Crippen LogP contribution is -2.20. The number of thiazole rings is 1. The first-order chi connectivity index (χ1) is 14.5. The van der Waals surface area contributed by atoms with Crippen LogP contribution in [0.5, 0.6) is 5.75 Å². The molecule has 0 fully saturated rings. The number of anilines is 1. The maximum absolute atomic E-state index is 12.2. The molecule has 0 spiro atoms. The lowest BCUT2D eigenvalue weighted by Gasteiger charge is -2.16. The van der Waals surface area contributed by atoms with Crippen molar-refractivity contribution in [2.75, 3.05) is 11.9 Å². The Labute approximate surface area is 177 Å². The van der Waals surface area contributed by atoms with Crippen LogP contribution in [-0.4, -0.2) is 22.4 Å². The Hall–Kier alpha value is -3.26. The number of hydrogen-bond donors (Lipinski definition) is 1. The highest BCUT2D eigenvalue weighted by atomic mass is 32.1. The summed E-state index contributed by atoms with van der Waals surface area (Å²) in [6.07, 6.45) is 4.72. The molecule has 7 nitrogen and oxygen atoms in total. The van der Waals surface area contributed by atoms with Gasteiger partial charge in [0.05, 0.1) is 10.6 Å². The zero-order valence-electron chi connectivity index (χ0n) is 16.5. The van der Waals surface area contributed by atoms with Crippen LogP contribution in [-0.2, 0) is 17.6 Å². The van der Waals surface area contributed by atoms with Crippen LogP contribution in [0.1, 0.15) is 29.5 Å². The summed E-state index contributed by atoms with van der Waals surface area (Å²) in [6, 6.07) is 10.9. The molecule has 0 bridgehead atoms. The van der Waals surface area contributed by atoms with Gasteiger partial charge in [-0.15, -0.1) is 11.3 Å². The van der Waals surface area contributed by atoms with Gasteiger partial charge in [-0.1, -0.05) is 12.1 Å². The maximum atomic E-state index is 12.2. The third-order valence-electron chi connectivity index (χ3n) is 5.13. The third-order valence-corrected chi connectivity index (χ3v) is 5.89. The molecule has 0 radical (unpaired) electrons. The largest absolute Gasteiger partial charge is 0.484 e. The van der Waals surface area contributed by atoms with Crippen molar-refractivity contribution < 1.29 is 14.5 Å². The summed E-state index contributed by atoms with van der Waals surface area (Å²) in [5, 5.41) is 16.1. The number of amides is 1. The van der Waals surface area contributed by atoms with Crippen molar-refractivity contribution in [3.05, 3.63) is 68.6 Å². The molecule has 1 heterocycles. The van der Waals surface area contributed by atoms with Crippen LogP contribution < -0.4 is 10.1 Å². The number of carbonyl (C=O) groups excluding carboxylic acids is 1. The molecular formula is C22H21N3O4S. The molecule has 8 heteroatoms. The highest BCUT2D eigenvalue weighted by Gasteiger charge is 2.14. The van der Waals surface area contributed by atoms with E-state index >= 15 is 0 Å². The van der Waals surface area contributed by atoms with Gasteiger partial charge in [0, 0.05) is 22.6 Å². The molecule has 1 aromatic heterocycles. The van der Waals surface area contributed by atoms with Gasteiger partial charge in [0.15, 0.2) is 11.7 Å². The van der Waals surface area contributed by atoms with E-state index in [4.69, 9.17) is 4.74 Å². The quantitative estimate of drug-likeness (QED) is 0.448. The highest BCUT2D eigenvalue weighted by Crippen LogP contribution is 2.29. The summed E-state index contributed by atoms with van der Waals surface area (Å²) in [5.41, 5.74) is 5.22. The standard InChI is InChI=1S/C22H21N3O4S/c1-14-10-18(8-9-20(14)25(27)28)29-12-21(26)24-22-23-19(13-30-22)17-7-6-15-4-2-3-5-16(15)11-17/h6-11,13H,2-5,12H2,1H3,(H,23,24,26). The van der Waals surface area contributed by atoms with E-state index in [1.165, 1.54) is 47.4 Å². The molecule has 0 atom stereocenters. The number of aryl methyl sites for hydroxylation is 3. The Kier molecular flexibility index (Phi) is 5.76. The van der Waals surface area contributed by atoms with Crippen molar-refractivity contribution >= 4 is 28.1 Å². The van der Waals surface area contributed by atoms with Crippen molar-refractivity contribution in [1.82, 2.24) is 4.98 Å². The first-order valence-corrected chi connectivity index (χ1v) is 10.6. The van der Waals surface area contributed by atoms with E-state index in [0.717, 1.165) is 24.1 Å². The highest BCUT2D eigenvalue weighted by molar-refractivity contribution is 7.14. The number of carbonyl (C=O) groups is 1. The Morgan fingerprint density at radius 1 is 1.20 bits per heavy atom. The Morgan fingerprint density at radius 3 is 2.77 bits per heavy atom. The number of nitro groups is 1. The van der Waals surface area contributed by atoms with E-state index < -0.39 is 4.92 Å². The molecule has 30 heavy (non-hydrogen) atoms. The van der Waals surface area contributed by atoms with Crippen LogP contribution in [0, 0.1) is 17.0 Å². The van der Waals surface area contributed by atoms with Crippen LogP contribution in [0.2, 0.25) is 0 Å². The van der Waals surface area contributed by atoms with E-state index in [2.05, 4.69) is 28.5 Å². The molecule has 4 rings (SSSR count). The fourth-order valence-electron chi connectivity index (χ4n) is 3.58. The van der Waals surface area contributed by atoms with E-state index in [-0.39, 0.29) is 18.2 Å². The van der Waals surface area contributed by atoms with Gasteiger partial charge in [-0.05, 0) is 61.9 Å². The van der Waals surface area contributed by atoms with Crippen LogP contribution in [0.4, 0.5) is 10.8 Å². The summed E-state index contributed by atoms with van der Waals surface area (Å²) in [5.74, 6) is 0.0690. The monoisotopic (exact) mass is 423 g/mol. The number of fused-ring (bicyclic) bond motifs is 1. The number of nitrogens with zero attached hydrogens (tertiary/aromatic N) is 2. The average molecular weight is 423 g/mol. The molecule has 1 aliphatic rings. The van der Waals surface area contributed by atoms with Crippen molar-refractivity contribution in [2.45, 2.75) is 32.6 Å². The molecule has 154 valence electrons. The van der Waals surface area contributed by atoms with Crippen molar-refractivity contribution in [1.29, 1.82) is 0 Å². The SMILES string of the molecule is Cc1cc(OCC(=O)Nc2nc(-c3ccc4c(c3)CCCC4)cs2)ccc1[N+](=O)[O-]. The molecule has 1 amide bonds. The van der Waals surface area contributed by atoms with Gasteiger partial charge < -0.3 is 4.74 Å². The first-order valence-electron chi connectivity index (χ1n) is 9.75. The topological polar surface area (TPSA) is 94.4 Å². The van der Waals surface area contributed by atoms with E-state index in [0.29, 0.717) is 16.4 Å². The van der Waals surface area contributed by atoms with E-state index in [1.807, 2.05) is 5.38 Å². The Balaban J connectivity index is 1.36. The summed E-state index contributed by atoms with van der Waals surface area (Å²) < 4.78 is 5.45. The smallest absolute Gasteiger partial charge is 0.272 e. The van der Waals surface area contributed by atoms with Gasteiger partial charge in [0.25, 0.3) is 11.6 Å². The minimum atomic E-state index is -0.450. The number of aromatic nitrogens is 1. The molecule has 0 unspecified atom stereocenters. The molecule has 0 aliphatic heterocycles. The maximum Gasteiger partial charge on any atom is 0.272 e. The number of benzene rings is 2.